The van der Waals surface area contributed by atoms with Crippen molar-refractivity contribution in [1.82, 2.24) is 5.43 Å². The number of hydrazone groups is 1. The summed E-state index contributed by atoms with van der Waals surface area (Å²) >= 11 is 0. The van der Waals surface area contributed by atoms with E-state index < -0.39 is 17.8 Å². The molecule has 0 aliphatic carbocycles. The molecule has 35 heavy (non-hydrogen) atoms. The normalized spacial score (nSPS) is 10.8. The number of hydrogen-bond donors (Lipinski definition) is 3. The van der Waals surface area contributed by atoms with E-state index in [0.717, 1.165) is 0 Å². The number of hydrogen-bond acceptors (Lipinski definition) is 8. The summed E-state index contributed by atoms with van der Waals surface area (Å²) < 4.78 is 15.6. The van der Waals surface area contributed by atoms with Crippen molar-refractivity contribution in [1.29, 1.82) is 0 Å². The lowest BCUT2D eigenvalue weighted by Crippen LogP contribution is -2.32. The van der Waals surface area contributed by atoms with Gasteiger partial charge in [0.25, 0.3) is 0 Å². The third-order valence-corrected chi connectivity index (χ3v) is 4.50. The lowest BCUT2D eigenvalue weighted by molar-refractivity contribution is -0.136. The molecule has 0 saturated carbocycles. The topological polar surface area (TPSA) is 148 Å². The van der Waals surface area contributed by atoms with E-state index in [1.807, 2.05) is 0 Å². The fraction of sp³-hybridized carbons (Fsp3) is 0.125. The fourth-order valence-corrected chi connectivity index (χ4v) is 2.80. The summed E-state index contributed by atoms with van der Waals surface area (Å²) in [6.45, 7) is 2.99. The SMILES string of the molecule is COc1cc(/C(C)=N/NC(=O)C(=O)Nc2ccc(NC(C)=O)cc2)ccc1OC(=O)c1ccco1. The average Bonchev–Trinajstić information content (AvgIpc) is 3.38. The van der Waals surface area contributed by atoms with Gasteiger partial charge in [-0.1, -0.05) is 0 Å². The van der Waals surface area contributed by atoms with Crippen LogP contribution in [0.2, 0.25) is 0 Å². The summed E-state index contributed by atoms with van der Waals surface area (Å²) in [5, 5.41) is 8.97. The fourth-order valence-electron chi connectivity index (χ4n) is 2.80. The smallest absolute Gasteiger partial charge is 0.379 e. The van der Waals surface area contributed by atoms with Crippen LogP contribution in [0.5, 0.6) is 11.5 Å². The van der Waals surface area contributed by atoms with Gasteiger partial charge in [0.2, 0.25) is 11.7 Å². The molecule has 0 spiro atoms. The minimum atomic E-state index is -0.980. The second-order valence-corrected chi connectivity index (χ2v) is 7.08. The van der Waals surface area contributed by atoms with E-state index in [1.165, 1.54) is 44.6 Å². The average molecular weight is 478 g/mol. The molecule has 0 aliphatic heterocycles. The monoisotopic (exact) mass is 478 g/mol. The van der Waals surface area contributed by atoms with E-state index in [1.54, 1.807) is 37.3 Å². The Bertz CT molecular complexity index is 1270. The number of carbonyl (C=O) groups excluding carboxylic acids is 4. The molecule has 0 bridgehead atoms. The minimum Gasteiger partial charge on any atom is -0.493 e. The molecule has 0 atom stereocenters. The molecular weight excluding hydrogens is 456 g/mol. The van der Waals surface area contributed by atoms with Gasteiger partial charge in [-0.2, -0.15) is 5.10 Å². The molecule has 3 N–H and O–H groups in total. The first kappa shape index (κ1) is 24.7. The highest BCUT2D eigenvalue weighted by atomic mass is 16.6. The lowest BCUT2D eigenvalue weighted by atomic mass is 10.1. The Morgan fingerprint density at radius 1 is 0.857 bits per heavy atom. The zero-order valence-corrected chi connectivity index (χ0v) is 19.1. The van der Waals surface area contributed by atoms with Gasteiger partial charge in [0, 0.05) is 23.9 Å². The number of amides is 3. The van der Waals surface area contributed by atoms with Gasteiger partial charge in [0.05, 0.1) is 19.1 Å². The lowest BCUT2D eigenvalue weighted by Gasteiger charge is -2.10. The quantitative estimate of drug-likeness (QED) is 0.155. The molecule has 3 aromatic rings. The number of rotatable bonds is 7. The molecule has 0 saturated heterocycles. The summed E-state index contributed by atoms with van der Waals surface area (Å²) in [5.41, 5.74) is 4.02. The number of carbonyl (C=O) groups is 4. The van der Waals surface area contributed by atoms with E-state index >= 15 is 0 Å². The molecule has 0 fully saturated rings. The highest BCUT2D eigenvalue weighted by Gasteiger charge is 2.17. The molecular formula is C24H22N4O7. The third-order valence-electron chi connectivity index (χ3n) is 4.50. The van der Waals surface area contributed by atoms with Crippen molar-refractivity contribution in [2.45, 2.75) is 13.8 Å². The second-order valence-electron chi connectivity index (χ2n) is 7.08. The van der Waals surface area contributed by atoms with Crippen molar-refractivity contribution in [3.8, 4) is 11.5 Å². The highest BCUT2D eigenvalue weighted by Crippen LogP contribution is 2.29. The molecule has 11 nitrogen and oxygen atoms in total. The van der Waals surface area contributed by atoms with Crippen LogP contribution in [-0.4, -0.2) is 36.5 Å². The summed E-state index contributed by atoms with van der Waals surface area (Å²) in [7, 11) is 1.41. The molecule has 1 aromatic heterocycles. The molecule has 1 heterocycles. The molecule has 3 rings (SSSR count). The maximum absolute atomic E-state index is 12.1. The Balaban J connectivity index is 1.61. The molecule has 0 unspecified atom stereocenters. The number of benzene rings is 2. The Labute approximate surface area is 200 Å². The molecule has 11 heteroatoms. The Kier molecular flexibility index (Phi) is 7.96. The first-order valence-electron chi connectivity index (χ1n) is 10.2. The molecule has 0 aliphatic rings. The maximum atomic E-state index is 12.1. The summed E-state index contributed by atoms with van der Waals surface area (Å²) in [5.74, 6) is -2.36. The van der Waals surface area contributed by atoms with Gasteiger partial charge < -0.3 is 24.5 Å². The first-order chi connectivity index (χ1) is 16.8. The number of ether oxygens (including phenoxy) is 2. The van der Waals surface area contributed by atoms with Crippen molar-refractivity contribution in [2.75, 3.05) is 17.7 Å². The minimum absolute atomic E-state index is 0.0403. The van der Waals surface area contributed by atoms with Crippen LogP contribution in [0, 0.1) is 0 Å². The van der Waals surface area contributed by atoms with Gasteiger partial charge in [-0.25, -0.2) is 10.2 Å². The van der Waals surface area contributed by atoms with E-state index in [-0.39, 0.29) is 23.2 Å². The first-order valence-corrected chi connectivity index (χ1v) is 10.2. The number of anilines is 2. The summed E-state index contributed by atoms with van der Waals surface area (Å²) in [6, 6.07) is 14.0. The second kappa shape index (κ2) is 11.3. The van der Waals surface area contributed by atoms with Crippen LogP contribution in [0.3, 0.4) is 0 Å². The van der Waals surface area contributed by atoms with Gasteiger partial charge in [-0.3, -0.25) is 14.4 Å². The number of nitrogens with one attached hydrogen (secondary N) is 3. The number of esters is 1. The highest BCUT2D eigenvalue weighted by molar-refractivity contribution is 6.39. The predicted molar refractivity (Wildman–Crippen MR) is 126 cm³/mol. The Morgan fingerprint density at radius 2 is 1.54 bits per heavy atom. The summed E-state index contributed by atoms with van der Waals surface area (Å²) in [4.78, 5) is 47.4. The van der Waals surface area contributed by atoms with Gasteiger partial charge in [0.1, 0.15) is 0 Å². The molecule has 2 aromatic carbocycles. The van der Waals surface area contributed by atoms with Crippen LogP contribution >= 0.6 is 0 Å². The zero-order valence-electron chi connectivity index (χ0n) is 19.1. The molecule has 180 valence electrons. The van der Waals surface area contributed by atoms with Crippen molar-refractivity contribution in [3.63, 3.8) is 0 Å². The van der Waals surface area contributed by atoms with Crippen LogP contribution in [-0.2, 0) is 14.4 Å². The van der Waals surface area contributed by atoms with Crippen LogP contribution < -0.4 is 25.5 Å². The van der Waals surface area contributed by atoms with E-state index in [2.05, 4.69) is 21.2 Å². The van der Waals surface area contributed by atoms with Crippen molar-refractivity contribution >= 4 is 40.8 Å². The van der Waals surface area contributed by atoms with Crippen molar-refractivity contribution < 1.29 is 33.1 Å². The van der Waals surface area contributed by atoms with Gasteiger partial charge in [-0.15, -0.1) is 0 Å². The number of furan rings is 1. The molecule has 0 radical (unpaired) electrons. The van der Waals surface area contributed by atoms with E-state index in [9.17, 15) is 19.2 Å². The van der Waals surface area contributed by atoms with Gasteiger partial charge in [-0.05, 0) is 61.5 Å². The van der Waals surface area contributed by atoms with E-state index in [0.29, 0.717) is 22.6 Å². The number of nitrogens with zero attached hydrogens (tertiary/aromatic N) is 1. The standard InChI is InChI=1S/C24H22N4O7/c1-14(16-6-11-19(21(13-16)33-3)35-24(32)20-5-4-12-34-20)27-28-23(31)22(30)26-18-9-7-17(8-10-18)25-15(2)29/h4-13H,1-3H3,(H,25,29)(H,26,30)(H,28,31)/b27-14+. The van der Waals surface area contributed by atoms with Gasteiger partial charge >= 0.3 is 17.8 Å². The predicted octanol–water partition coefficient (Wildman–Crippen LogP) is 2.94. The third kappa shape index (κ3) is 6.78. The van der Waals surface area contributed by atoms with Crippen LogP contribution in [0.25, 0.3) is 0 Å². The Morgan fingerprint density at radius 3 is 2.14 bits per heavy atom. The van der Waals surface area contributed by atoms with Crippen molar-refractivity contribution in [3.05, 3.63) is 72.2 Å². The summed E-state index contributed by atoms with van der Waals surface area (Å²) in [6.07, 6.45) is 1.36. The van der Waals surface area contributed by atoms with Crippen LogP contribution in [0.15, 0.2) is 70.4 Å². The zero-order chi connectivity index (χ0) is 25.4. The van der Waals surface area contributed by atoms with Crippen LogP contribution in [0.1, 0.15) is 30.0 Å². The number of methoxy groups -OCH3 is 1. The van der Waals surface area contributed by atoms with E-state index in [4.69, 9.17) is 13.9 Å². The Hall–Kier alpha value is -4.93. The van der Waals surface area contributed by atoms with Crippen LogP contribution in [0.4, 0.5) is 11.4 Å². The molecule has 3 amide bonds. The largest absolute Gasteiger partial charge is 0.493 e. The maximum Gasteiger partial charge on any atom is 0.379 e. The van der Waals surface area contributed by atoms with Crippen molar-refractivity contribution in [2.24, 2.45) is 5.10 Å². The van der Waals surface area contributed by atoms with Gasteiger partial charge in [0.15, 0.2) is 11.5 Å².